The zero-order valence-electron chi connectivity index (χ0n) is 17.3. The van der Waals surface area contributed by atoms with E-state index >= 15 is 0 Å². The summed E-state index contributed by atoms with van der Waals surface area (Å²) in [6, 6.07) is 11.9. The van der Waals surface area contributed by atoms with Crippen molar-refractivity contribution in [2.24, 2.45) is 0 Å². The molecule has 9 heteroatoms. The van der Waals surface area contributed by atoms with Crippen LogP contribution in [-0.4, -0.2) is 28.3 Å². The second-order valence-corrected chi connectivity index (χ2v) is 8.48. The van der Waals surface area contributed by atoms with Crippen molar-refractivity contribution in [3.05, 3.63) is 92.3 Å². The molecule has 0 saturated carbocycles. The first-order valence-electron chi connectivity index (χ1n) is 10.00. The zero-order chi connectivity index (χ0) is 23.7. The number of hydrogen-bond donors (Lipinski definition) is 1. The van der Waals surface area contributed by atoms with Crippen LogP contribution in [-0.2, 0) is 16.1 Å². The van der Waals surface area contributed by atoms with Crippen LogP contribution < -0.4 is 4.74 Å². The highest BCUT2D eigenvalue weighted by Gasteiger charge is 2.46. The summed E-state index contributed by atoms with van der Waals surface area (Å²) in [5.74, 6) is -1.06. The van der Waals surface area contributed by atoms with Gasteiger partial charge in [-0.2, -0.15) is 0 Å². The third-order valence-electron chi connectivity index (χ3n) is 5.21. The van der Waals surface area contributed by atoms with E-state index in [0.29, 0.717) is 28.7 Å². The second kappa shape index (κ2) is 9.51. The van der Waals surface area contributed by atoms with Gasteiger partial charge in [0.1, 0.15) is 17.3 Å². The molecule has 1 aliphatic heterocycles. The average molecular weight is 507 g/mol. The summed E-state index contributed by atoms with van der Waals surface area (Å²) in [5, 5.41) is 12.0. The minimum atomic E-state index is -0.921. The molecule has 170 valence electrons. The van der Waals surface area contributed by atoms with Gasteiger partial charge in [-0.25, -0.2) is 0 Å². The van der Waals surface area contributed by atoms with E-state index in [9.17, 15) is 14.7 Å². The number of rotatable bonds is 6. The number of aliphatic hydroxyl groups excluding tert-OH is 1. The van der Waals surface area contributed by atoms with Crippen molar-refractivity contribution in [2.45, 2.75) is 19.5 Å². The zero-order valence-corrected chi connectivity index (χ0v) is 19.6. The van der Waals surface area contributed by atoms with Gasteiger partial charge in [-0.3, -0.25) is 9.59 Å². The topological polar surface area (TPSA) is 80.0 Å². The molecule has 1 N–H and O–H groups in total. The Morgan fingerprint density at radius 1 is 1.06 bits per heavy atom. The van der Waals surface area contributed by atoms with Gasteiger partial charge in [0.2, 0.25) is 0 Å². The van der Waals surface area contributed by atoms with Crippen LogP contribution in [0.15, 0.2) is 64.8 Å². The van der Waals surface area contributed by atoms with E-state index in [2.05, 4.69) is 0 Å². The largest absolute Gasteiger partial charge is 0.507 e. The first kappa shape index (κ1) is 23.2. The van der Waals surface area contributed by atoms with E-state index in [4.69, 9.17) is 44.0 Å². The summed E-state index contributed by atoms with van der Waals surface area (Å²) in [5.41, 5.74) is 0.684. The summed E-state index contributed by atoms with van der Waals surface area (Å²) < 4.78 is 10.8. The van der Waals surface area contributed by atoms with Crippen LogP contribution in [0.1, 0.15) is 29.9 Å². The standard InChI is InChI=1S/C24H18Cl3NO5/c1-2-32-19-8-6-14(11-18(19)27)22(29)20-21(13-5-7-16(25)17(26)10-13)28(24(31)23(20)30)12-15-4-3-9-33-15/h3-11,21,29H,2,12H2,1H3/t21-/m0/s1. The number of furan rings is 1. The summed E-state index contributed by atoms with van der Waals surface area (Å²) in [6.45, 7) is 2.26. The molecule has 1 fully saturated rings. The maximum Gasteiger partial charge on any atom is 0.296 e. The number of amides is 1. The number of benzene rings is 2. The van der Waals surface area contributed by atoms with E-state index in [1.54, 1.807) is 42.5 Å². The van der Waals surface area contributed by atoms with Crippen molar-refractivity contribution >= 4 is 52.3 Å². The molecular weight excluding hydrogens is 489 g/mol. The number of likely N-dealkylation sites (tertiary alicyclic amines) is 1. The quantitative estimate of drug-likeness (QED) is 0.242. The number of ether oxygens (including phenoxy) is 1. The van der Waals surface area contributed by atoms with Crippen molar-refractivity contribution in [3.8, 4) is 5.75 Å². The van der Waals surface area contributed by atoms with Crippen LogP contribution in [0, 0.1) is 0 Å². The van der Waals surface area contributed by atoms with Gasteiger partial charge in [-0.15, -0.1) is 0 Å². The Bertz CT molecular complexity index is 1250. The number of hydrogen-bond acceptors (Lipinski definition) is 5. The molecule has 1 atom stereocenters. The van der Waals surface area contributed by atoms with E-state index < -0.39 is 17.7 Å². The number of aliphatic hydroxyl groups is 1. The number of Topliss-reactive ketones (excluding diaryl/α,β-unsaturated/α-hetero) is 1. The highest BCUT2D eigenvalue weighted by Crippen LogP contribution is 2.42. The van der Waals surface area contributed by atoms with Gasteiger partial charge in [-0.05, 0) is 55.0 Å². The van der Waals surface area contributed by atoms with Gasteiger partial charge in [0.15, 0.2) is 0 Å². The van der Waals surface area contributed by atoms with E-state index in [-0.39, 0.29) is 33.5 Å². The third kappa shape index (κ3) is 4.47. The van der Waals surface area contributed by atoms with Crippen LogP contribution in [0.5, 0.6) is 5.75 Å². The van der Waals surface area contributed by atoms with E-state index in [1.165, 1.54) is 17.2 Å². The lowest BCUT2D eigenvalue weighted by Crippen LogP contribution is -2.29. The lowest BCUT2D eigenvalue weighted by atomic mass is 9.95. The average Bonchev–Trinajstić information content (AvgIpc) is 3.39. The van der Waals surface area contributed by atoms with E-state index in [1.807, 2.05) is 6.92 Å². The highest BCUT2D eigenvalue weighted by molar-refractivity contribution is 6.47. The first-order valence-corrected chi connectivity index (χ1v) is 11.1. The third-order valence-corrected chi connectivity index (χ3v) is 6.25. The SMILES string of the molecule is CCOc1ccc(C(O)=C2C(=O)C(=O)N(Cc3ccco3)[C@H]2c2ccc(Cl)c(Cl)c2)cc1Cl. The smallest absolute Gasteiger partial charge is 0.296 e. The molecule has 4 rings (SSSR count). The van der Waals surface area contributed by atoms with Gasteiger partial charge in [0, 0.05) is 5.56 Å². The molecule has 1 saturated heterocycles. The number of carbonyl (C=O) groups is 2. The fourth-order valence-corrected chi connectivity index (χ4v) is 4.26. The van der Waals surface area contributed by atoms with Crippen LogP contribution >= 0.6 is 34.8 Å². The van der Waals surface area contributed by atoms with Gasteiger partial charge in [0.05, 0.1) is 46.1 Å². The maximum absolute atomic E-state index is 13.1. The van der Waals surface area contributed by atoms with E-state index in [0.717, 1.165) is 0 Å². The number of carbonyl (C=O) groups excluding carboxylic acids is 2. The molecule has 0 spiro atoms. The second-order valence-electron chi connectivity index (χ2n) is 7.26. The van der Waals surface area contributed by atoms with Gasteiger partial charge < -0.3 is 19.2 Å². The molecule has 0 bridgehead atoms. The van der Waals surface area contributed by atoms with Crippen molar-refractivity contribution in [2.75, 3.05) is 6.61 Å². The Labute approximate surface area is 204 Å². The van der Waals surface area contributed by atoms with Gasteiger partial charge in [0.25, 0.3) is 11.7 Å². The predicted octanol–water partition coefficient (Wildman–Crippen LogP) is 6.26. The Morgan fingerprint density at radius 2 is 1.85 bits per heavy atom. The molecule has 0 aliphatic carbocycles. The van der Waals surface area contributed by atoms with Gasteiger partial charge in [-0.1, -0.05) is 40.9 Å². The Hall–Kier alpha value is -2.93. The fourth-order valence-electron chi connectivity index (χ4n) is 3.72. The summed E-state index contributed by atoms with van der Waals surface area (Å²) >= 11 is 18.6. The summed E-state index contributed by atoms with van der Waals surface area (Å²) in [6.07, 6.45) is 1.47. The van der Waals surface area contributed by atoms with Crippen LogP contribution in [0.2, 0.25) is 15.1 Å². The van der Waals surface area contributed by atoms with Crippen LogP contribution in [0.25, 0.3) is 5.76 Å². The first-order chi connectivity index (χ1) is 15.8. The number of ketones is 1. The van der Waals surface area contributed by atoms with Crippen molar-refractivity contribution < 1.29 is 23.8 Å². The summed E-state index contributed by atoms with van der Waals surface area (Å²) in [4.78, 5) is 27.4. The molecule has 1 amide bonds. The molecule has 1 aliphatic rings. The number of halogens is 3. The minimum absolute atomic E-state index is 0.0172. The molecule has 1 aromatic heterocycles. The maximum atomic E-state index is 13.1. The predicted molar refractivity (Wildman–Crippen MR) is 126 cm³/mol. The molecule has 2 aromatic carbocycles. The Balaban J connectivity index is 1.86. The molecule has 6 nitrogen and oxygen atoms in total. The molecular formula is C24H18Cl3NO5. The molecule has 33 heavy (non-hydrogen) atoms. The van der Waals surface area contributed by atoms with Crippen molar-refractivity contribution in [1.82, 2.24) is 4.90 Å². The lowest BCUT2D eigenvalue weighted by molar-refractivity contribution is -0.140. The number of nitrogens with zero attached hydrogens (tertiary/aromatic N) is 1. The van der Waals surface area contributed by atoms with Crippen molar-refractivity contribution in [1.29, 1.82) is 0 Å². The fraction of sp³-hybridized carbons (Fsp3) is 0.167. The summed E-state index contributed by atoms with van der Waals surface area (Å²) in [7, 11) is 0. The highest BCUT2D eigenvalue weighted by atomic mass is 35.5. The molecule has 0 unspecified atom stereocenters. The molecule has 3 aromatic rings. The molecule has 0 radical (unpaired) electrons. The van der Waals surface area contributed by atoms with Crippen LogP contribution in [0.4, 0.5) is 0 Å². The Kier molecular flexibility index (Phi) is 6.70. The minimum Gasteiger partial charge on any atom is -0.507 e. The van der Waals surface area contributed by atoms with Crippen LogP contribution in [0.3, 0.4) is 0 Å². The monoisotopic (exact) mass is 505 g/mol. The van der Waals surface area contributed by atoms with Gasteiger partial charge >= 0.3 is 0 Å². The molecule has 2 heterocycles. The Morgan fingerprint density at radius 3 is 2.48 bits per heavy atom. The lowest BCUT2D eigenvalue weighted by Gasteiger charge is -2.24. The normalized spacial score (nSPS) is 17.6. The van der Waals surface area contributed by atoms with Crippen molar-refractivity contribution in [3.63, 3.8) is 0 Å².